The van der Waals surface area contributed by atoms with Crippen LogP contribution in [0, 0.1) is 0 Å². The first-order valence-electron chi connectivity index (χ1n) is 8.59. The van der Waals surface area contributed by atoms with Crippen LogP contribution in [0.3, 0.4) is 0 Å². The fourth-order valence-corrected chi connectivity index (χ4v) is 2.84. The van der Waals surface area contributed by atoms with Crippen LogP contribution in [0.5, 0.6) is 11.6 Å². The van der Waals surface area contributed by atoms with Gasteiger partial charge < -0.3 is 4.74 Å². The Balaban J connectivity index is 0.00000150. The summed E-state index contributed by atoms with van der Waals surface area (Å²) in [6.45, 7) is 0.552. The van der Waals surface area contributed by atoms with Crippen molar-refractivity contribution in [1.29, 1.82) is 0 Å². The monoisotopic (exact) mass is 404 g/mol. The van der Waals surface area contributed by atoms with Crippen LogP contribution in [0.25, 0.3) is 16.9 Å². The molecule has 0 N–H and O–H groups in total. The molecule has 0 unspecified atom stereocenters. The number of ether oxygens (including phenoxy) is 1. The normalized spacial score (nSPS) is 10.1. The van der Waals surface area contributed by atoms with Crippen molar-refractivity contribution in [3.8, 4) is 22.9 Å². The summed E-state index contributed by atoms with van der Waals surface area (Å²) in [5.41, 5.74) is 3.38. The minimum atomic E-state index is 0. The number of hydrogen-bond acceptors (Lipinski definition) is 5. The van der Waals surface area contributed by atoms with Crippen LogP contribution in [0.4, 0.5) is 13.9 Å². The molecule has 4 rings (SSSR count). The minimum Gasteiger partial charge on any atom is -0.477 e. The third-order valence-corrected chi connectivity index (χ3v) is 4.17. The maximum absolute atomic E-state index is 12.5. The van der Waals surface area contributed by atoms with Crippen LogP contribution >= 0.6 is 0 Å². The molecule has 3 heterocycles. The first-order chi connectivity index (χ1) is 13.3. The average Bonchev–Trinajstić information content (AvgIpc) is 3.15. The molecule has 152 valence electrons. The van der Waals surface area contributed by atoms with E-state index >= 15 is 0 Å². The average molecular weight is 404 g/mol. The highest BCUT2D eigenvalue weighted by molar-refractivity contribution is 5.64. The van der Waals surface area contributed by atoms with Crippen molar-refractivity contribution in [1.82, 2.24) is 19.6 Å². The standard InChI is InChI=1S/C20H17FN4O2.2FH/c21-27-17-5-1-4-16(13-17)18-14-23-19-6-7-20(24-25(18)19)26-12-2-3-15-8-10-22-11-9-15;;/h1,4-11,13-14H,2-3,12H2;2*1H. The topological polar surface area (TPSA) is 61.5 Å². The van der Waals surface area contributed by atoms with Gasteiger partial charge >= 0.3 is 0 Å². The van der Waals surface area contributed by atoms with Gasteiger partial charge in [0, 0.05) is 28.5 Å². The van der Waals surface area contributed by atoms with Gasteiger partial charge in [-0.1, -0.05) is 12.1 Å². The zero-order valence-corrected chi connectivity index (χ0v) is 15.3. The molecule has 0 radical (unpaired) electrons. The molecular formula is C20H19F3N4O2. The quantitative estimate of drug-likeness (QED) is 0.428. The predicted molar refractivity (Wildman–Crippen MR) is 103 cm³/mol. The number of aromatic nitrogens is 4. The zero-order chi connectivity index (χ0) is 18.5. The Morgan fingerprint density at radius 1 is 1.00 bits per heavy atom. The molecule has 0 aliphatic rings. The molecule has 4 aromatic rings. The molecule has 0 aliphatic carbocycles. The molecule has 3 aromatic heterocycles. The van der Waals surface area contributed by atoms with Gasteiger partial charge in [0.1, 0.15) is 0 Å². The summed E-state index contributed by atoms with van der Waals surface area (Å²) in [7, 11) is 0. The molecule has 29 heavy (non-hydrogen) atoms. The van der Waals surface area contributed by atoms with Crippen molar-refractivity contribution in [2.24, 2.45) is 0 Å². The van der Waals surface area contributed by atoms with Gasteiger partial charge in [-0.05, 0) is 48.7 Å². The third-order valence-electron chi connectivity index (χ3n) is 4.17. The molecule has 0 saturated heterocycles. The first-order valence-corrected chi connectivity index (χ1v) is 8.59. The fourth-order valence-electron chi connectivity index (χ4n) is 2.84. The van der Waals surface area contributed by atoms with Crippen molar-refractivity contribution < 1.29 is 23.6 Å². The molecule has 0 spiro atoms. The molecule has 6 nitrogen and oxygen atoms in total. The summed E-state index contributed by atoms with van der Waals surface area (Å²) in [6.07, 6.45) is 7.05. The van der Waals surface area contributed by atoms with Crippen molar-refractivity contribution >= 4 is 5.65 Å². The third kappa shape index (κ3) is 5.01. The van der Waals surface area contributed by atoms with E-state index in [9.17, 15) is 4.53 Å². The van der Waals surface area contributed by atoms with E-state index in [0.717, 1.165) is 24.1 Å². The molecular weight excluding hydrogens is 385 g/mol. The van der Waals surface area contributed by atoms with Gasteiger partial charge in [0.15, 0.2) is 11.4 Å². The highest BCUT2D eigenvalue weighted by Crippen LogP contribution is 2.25. The minimum absolute atomic E-state index is 0. The van der Waals surface area contributed by atoms with Crippen LogP contribution in [0.15, 0.2) is 67.1 Å². The lowest BCUT2D eigenvalue weighted by atomic mass is 10.1. The summed E-state index contributed by atoms with van der Waals surface area (Å²) in [5.74, 6) is 0.639. The maximum Gasteiger partial charge on any atom is 0.231 e. The summed E-state index contributed by atoms with van der Waals surface area (Å²) in [4.78, 5) is 12.2. The summed E-state index contributed by atoms with van der Waals surface area (Å²) in [5, 5.41) is 4.50. The Bertz CT molecular complexity index is 1040. The van der Waals surface area contributed by atoms with E-state index in [1.165, 1.54) is 11.6 Å². The number of rotatable bonds is 7. The molecule has 0 aliphatic heterocycles. The SMILES string of the molecule is F.F.FOc1cccc(-c2cnc3ccc(OCCCc4ccncc4)nn23)c1. The lowest BCUT2D eigenvalue weighted by molar-refractivity contribution is -0.00614. The van der Waals surface area contributed by atoms with Crippen LogP contribution in [-0.4, -0.2) is 26.2 Å². The van der Waals surface area contributed by atoms with Gasteiger partial charge in [0.05, 0.1) is 18.5 Å². The van der Waals surface area contributed by atoms with E-state index < -0.39 is 0 Å². The Morgan fingerprint density at radius 3 is 2.62 bits per heavy atom. The Kier molecular flexibility index (Phi) is 7.53. The van der Waals surface area contributed by atoms with E-state index in [4.69, 9.17) is 4.74 Å². The number of fused-ring (bicyclic) bond motifs is 1. The molecule has 0 fully saturated rings. The second-order valence-corrected chi connectivity index (χ2v) is 6.00. The van der Waals surface area contributed by atoms with Gasteiger partial charge in [-0.3, -0.25) is 19.3 Å². The highest BCUT2D eigenvalue weighted by Gasteiger charge is 2.10. The largest absolute Gasteiger partial charge is 0.477 e. The number of imidazole rings is 1. The molecule has 0 bridgehead atoms. The highest BCUT2D eigenvalue weighted by atomic mass is 19.3. The summed E-state index contributed by atoms with van der Waals surface area (Å²) in [6, 6.07) is 14.3. The first kappa shape index (κ1) is 21.7. The molecule has 0 amide bonds. The van der Waals surface area contributed by atoms with E-state index in [1.54, 1.807) is 41.3 Å². The zero-order valence-electron chi connectivity index (χ0n) is 15.3. The number of halogens is 3. The van der Waals surface area contributed by atoms with Gasteiger partial charge in [-0.15, -0.1) is 5.10 Å². The van der Waals surface area contributed by atoms with Crippen molar-refractivity contribution in [3.63, 3.8) is 0 Å². The Hall–Kier alpha value is -3.62. The predicted octanol–water partition coefficient (Wildman–Crippen LogP) is 4.37. The molecule has 9 heteroatoms. The van der Waals surface area contributed by atoms with Crippen LogP contribution in [0.2, 0.25) is 0 Å². The van der Waals surface area contributed by atoms with Crippen molar-refractivity contribution in [3.05, 3.63) is 72.7 Å². The fraction of sp³-hybridized carbons (Fsp3) is 0.150. The summed E-state index contributed by atoms with van der Waals surface area (Å²) >= 11 is 0. The number of hydrogen-bond donors (Lipinski definition) is 0. The van der Waals surface area contributed by atoms with E-state index in [1.807, 2.05) is 24.3 Å². The number of aryl methyl sites for hydroxylation is 1. The van der Waals surface area contributed by atoms with Crippen LogP contribution < -0.4 is 9.68 Å². The second kappa shape index (κ2) is 10.1. The van der Waals surface area contributed by atoms with Gasteiger partial charge in [0.2, 0.25) is 5.88 Å². The van der Waals surface area contributed by atoms with E-state index in [-0.39, 0.29) is 15.2 Å². The lowest BCUT2D eigenvalue weighted by Gasteiger charge is -2.07. The van der Waals surface area contributed by atoms with Crippen LogP contribution in [-0.2, 0) is 6.42 Å². The maximum atomic E-state index is 12.5. The molecule has 0 saturated carbocycles. The van der Waals surface area contributed by atoms with Crippen molar-refractivity contribution in [2.45, 2.75) is 12.8 Å². The van der Waals surface area contributed by atoms with Gasteiger partial charge in [-0.2, -0.15) is 0 Å². The van der Waals surface area contributed by atoms with E-state index in [0.29, 0.717) is 18.1 Å². The number of benzene rings is 1. The number of pyridine rings is 1. The summed E-state index contributed by atoms with van der Waals surface area (Å²) < 4.78 is 19.9. The Morgan fingerprint density at radius 2 is 1.83 bits per heavy atom. The lowest BCUT2D eigenvalue weighted by Crippen LogP contribution is -2.04. The molecule has 1 aromatic carbocycles. The smallest absolute Gasteiger partial charge is 0.231 e. The second-order valence-electron chi connectivity index (χ2n) is 6.00. The van der Waals surface area contributed by atoms with E-state index in [2.05, 4.69) is 20.0 Å². The van der Waals surface area contributed by atoms with Gasteiger partial charge in [-0.25, -0.2) is 9.50 Å². The van der Waals surface area contributed by atoms with Crippen molar-refractivity contribution in [2.75, 3.05) is 6.61 Å². The van der Waals surface area contributed by atoms with Crippen LogP contribution in [0.1, 0.15) is 12.0 Å². The van der Waals surface area contributed by atoms with Gasteiger partial charge in [0.25, 0.3) is 0 Å². The Labute approximate surface area is 164 Å². The molecule has 0 atom stereocenters. The number of nitrogens with zero attached hydrogens (tertiary/aromatic N) is 4.